The molecular formula is C41H32F6O8S2. The number of benzene rings is 6. The second-order valence-corrected chi connectivity index (χ2v) is 17.3. The molecule has 57 heavy (non-hydrogen) atoms. The minimum Gasteiger partial charge on any atom is -0.481 e. The highest BCUT2D eigenvalue weighted by molar-refractivity contribution is 7.91. The van der Waals surface area contributed by atoms with Crippen LogP contribution in [0.1, 0.15) is 40.3 Å². The number of alkyl halides is 4. The second-order valence-electron chi connectivity index (χ2n) is 13.0. The lowest BCUT2D eigenvalue weighted by molar-refractivity contribution is -0.137. The van der Waals surface area contributed by atoms with Crippen molar-refractivity contribution in [2.24, 2.45) is 0 Å². The van der Waals surface area contributed by atoms with Crippen molar-refractivity contribution in [1.82, 2.24) is 0 Å². The van der Waals surface area contributed by atoms with Gasteiger partial charge < -0.3 is 10.2 Å². The van der Waals surface area contributed by atoms with Crippen molar-refractivity contribution in [2.75, 3.05) is 12.0 Å². The fourth-order valence-electron chi connectivity index (χ4n) is 6.12. The molecular weight excluding hydrogens is 799 g/mol. The average molecular weight is 831 g/mol. The lowest BCUT2D eigenvalue weighted by atomic mass is 9.92. The minimum atomic E-state index is -3.60. The number of aliphatic carboxylic acids is 2. The van der Waals surface area contributed by atoms with Crippen molar-refractivity contribution in [3.8, 4) is 0 Å². The van der Waals surface area contributed by atoms with Crippen LogP contribution in [0.4, 0.5) is 26.3 Å². The van der Waals surface area contributed by atoms with Gasteiger partial charge in [0.15, 0.2) is 19.7 Å². The summed E-state index contributed by atoms with van der Waals surface area (Å²) in [5.41, 5.74) is -1.77. The van der Waals surface area contributed by atoms with Gasteiger partial charge in [-0.05, 0) is 93.3 Å². The Labute approximate surface area is 322 Å². The molecule has 298 valence electrons. The van der Waals surface area contributed by atoms with Crippen LogP contribution in [0.3, 0.4) is 0 Å². The van der Waals surface area contributed by atoms with Gasteiger partial charge in [-0.1, -0.05) is 55.5 Å². The van der Waals surface area contributed by atoms with Crippen molar-refractivity contribution in [1.29, 1.82) is 0 Å². The Bertz CT molecular complexity index is 2740. The molecule has 0 saturated heterocycles. The highest BCUT2D eigenvalue weighted by atomic mass is 32.2. The standard InChI is InChI=1S/C21H17F3O4S.C20H15F3O4S/c1-2-29(27,28)17-7-4-15(5-8-17)21(23,24)19-10-13(11-20(25)26)9-14-3-6-16(22)12-18(14)19;1-28(26,27)16-6-3-14(4-7-16)20(22,23)18-9-12(10-19(24)25)8-13-2-5-15(21)11-17(13)18/h3-10,12H,2,11H2,1H3,(H,25,26);2-9,11H,10H2,1H3,(H,24,25). The van der Waals surface area contributed by atoms with E-state index in [-0.39, 0.29) is 48.2 Å². The Morgan fingerprint density at radius 2 is 0.930 bits per heavy atom. The summed E-state index contributed by atoms with van der Waals surface area (Å²) in [6, 6.07) is 20.1. The van der Waals surface area contributed by atoms with Crippen LogP contribution >= 0.6 is 0 Å². The monoisotopic (exact) mass is 830 g/mol. The van der Waals surface area contributed by atoms with Crippen molar-refractivity contribution in [2.45, 2.75) is 41.4 Å². The number of halogens is 6. The molecule has 0 heterocycles. The number of carboxylic acid groups (broad SMARTS) is 2. The third-order valence-corrected chi connectivity index (χ3v) is 11.8. The fraction of sp³-hybridized carbons (Fsp3) is 0.171. The maximum atomic E-state index is 15.4. The quantitative estimate of drug-likeness (QED) is 0.124. The predicted octanol–water partition coefficient (Wildman–Crippen LogP) is 8.69. The normalized spacial score (nSPS) is 12.3. The summed E-state index contributed by atoms with van der Waals surface area (Å²) >= 11 is 0. The van der Waals surface area contributed by atoms with Crippen LogP contribution in [-0.2, 0) is 54.0 Å². The van der Waals surface area contributed by atoms with Crippen molar-refractivity contribution in [3.63, 3.8) is 0 Å². The summed E-state index contributed by atoms with van der Waals surface area (Å²) in [5.74, 6) is -11.1. The van der Waals surface area contributed by atoms with E-state index in [1.807, 2.05) is 0 Å². The first kappa shape index (κ1) is 42.4. The molecule has 0 aromatic heterocycles. The van der Waals surface area contributed by atoms with Crippen LogP contribution in [0.15, 0.2) is 119 Å². The average Bonchev–Trinajstić information content (AvgIpc) is 3.14. The number of carboxylic acids is 2. The first-order valence-electron chi connectivity index (χ1n) is 16.8. The highest BCUT2D eigenvalue weighted by Crippen LogP contribution is 2.42. The smallest absolute Gasteiger partial charge is 0.307 e. The third kappa shape index (κ3) is 9.46. The summed E-state index contributed by atoms with van der Waals surface area (Å²) in [5, 5.41) is 18.5. The summed E-state index contributed by atoms with van der Waals surface area (Å²) < 4.78 is 136. The van der Waals surface area contributed by atoms with E-state index in [2.05, 4.69) is 0 Å². The summed E-state index contributed by atoms with van der Waals surface area (Å²) in [4.78, 5) is 21.9. The van der Waals surface area contributed by atoms with Crippen LogP contribution < -0.4 is 0 Å². The molecule has 8 nitrogen and oxygen atoms in total. The van der Waals surface area contributed by atoms with Crippen molar-refractivity contribution >= 4 is 53.2 Å². The van der Waals surface area contributed by atoms with Gasteiger partial charge in [0.1, 0.15) is 11.6 Å². The number of hydrogen-bond donors (Lipinski definition) is 2. The third-order valence-electron chi connectivity index (χ3n) is 8.94. The van der Waals surface area contributed by atoms with Gasteiger partial charge in [-0.15, -0.1) is 0 Å². The van der Waals surface area contributed by atoms with E-state index >= 15 is 17.6 Å². The van der Waals surface area contributed by atoms with Gasteiger partial charge in [0.05, 0.1) is 28.4 Å². The Morgan fingerprint density at radius 3 is 1.26 bits per heavy atom. The second kappa shape index (κ2) is 16.0. The van der Waals surface area contributed by atoms with E-state index in [1.54, 1.807) is 0 Å². The van der Waals surface area contributed by atoms with Crippen molar-refractivity contribution in [3.05, 3.63) is 154 Å². The Kier molecular flexibility index (Phi) is 11.9. The van der Waals surface area contributed by atoms with Crippen LogP contribution in [0.2, 0.25) is 0 Å². The molecule has 6 aromatic carbocycles. The summed E-state index contributed by atoms with van der Waals surface area (Å²) in [7, 11) is -7.10. The molecule has 2 N–H and O–H groups in total. The van der Waals surface area contributed by atoms with Gasteiger partial charge in [0.2, 0.25) is 0 Å². The Balaban J connectivity index is 0.000000218. The van der Waals surface area contributed by atoms with E-state index in [9.17, 15) is 35.2 Å². The van der Waals surface area contributed by atoms with Gasteiger partial charge in [-0.3, -0.25) is 9.59 Å². The van der Waals surface area contributed by atoms with Gasteiger partial charge in [0, 0.05) is 28.5 Å². The molecule has 0 aliphatic carbocycles. The molecule has 0 radical (unpaired) electrons. The number of hydrogen-bond acceptors (Lipinski definition) is 6. The van der Waals surface area contributed by atoms with Crippen LogP contribution in [0, 0.1) is 11.6 Å². The van der Waals surface area contributed by atoms with Gasteiger partial charge >= 0.3 is 11.9 Å². The molecule has 0 spiro atoms. The maximum absolute atomic E-state index is 15.4. The van der Waals surface area contributed by atoms with Gasteiger partial charge in [-0.25, -0.2) is 25.6 Å². The van der Waals surface area contributed by atoms with Gasteiger partial charge in [-0.2, -0.15) is 17.6 Å². The molecule has 0 aliphatic rings. The van der Waals surface area contributed by atoms with E-state index in [4.69, 9.17) is 10.2 Å². The highest BCUT2D eigenvalue weighted by Gasteiger charge is 2.38. The molecule has 6 rings (SSSR count). The molecule has 0 saturated carbocycles. The largest absolute Gasteiger partial charge is 0.481 e. The molecule has 0 unspecified atom stereocenters. The molecule has 0 bridgehead atoms. The van der Waals surface area contributed by atoms with E-state index in [0.29, 0.717) is 0 Å². The number of rotatable bonds is 11. The molecule has 0 aliphatic heterocycles. The van der Waals surface area contributed by atoms with E-state index in [1.165, 1.54) is 31.2 Å². The first-order valence-corrected chi connectivity index (χ1v) is 20.4. The molecule has 0 atom stereocenters. The molecule has 0 amide bonds. The SMILES string of the molecule is CCS(=O)(=O)c1ccc(C(F)(F)c2cc(CC(=O)O)cc3ccc(F)cc23)cc1.CS(=O)(=O)c1ccc(C(F)(F)c2cc(CC(=O)O)cc3ccc(F)cc23)cc1. The zero-order valence-corrected chi connectivity index (χ0v) is 31.6. The minimum absolute atomic E-state index is 0.0469. The fourth-order valence-corrected chi connectivity index (χ4v) is 7.63. The topological polar surface area (TPSA) is 143 Å². The lowest BCUT2D eigenvalue weighted by Gasteiger charge is -2.21. The number of carbonyl (C=O) groups is 2. The lowest BCUT2D eigenvalue weighted by Crippen LogP contribution is -2.17. The summed E-state index contributed by atoms with van der Waals surface area (Å²) in [6.45, 7) is 1.45. The van der Waals surface area contributed by atoms with Crippen LogP contribution in [0.5, 0.6) is 0 Å². The predicted molar refractivity (Wildman–Crippen MR) is 200 cm³/mol. The zero-order chi connectivity index (χ0) is 42.1. The van der Waals surface area contributed by atoms with E-state index < -0.39 is 90.2 Å². The Hall–Kier alpha value is -5.74. The molecule has 6 aromatic rings. The van der Waals surface area contributed by atoms with E-state index in [0.717, 1.165) is 91.2 Å². The zero-order valence-electron chi connectivity index (χ0n) is 29.9. The van der Waals surface area contributed by atoms with Crippen LogP contribution in [0.25, 0.3) is 21.5 Å². The van der Waals surface area contributed by atoms with Crippen molar-refractivity contribution < 1.29 is 63.0 Å². The molecule has 16 heteroatoms. The summed E-state index contributed by atoms with van der Waals surface area (Å²) in [6.07, 6.45) is 0.0271. The Morgan fingerprint density at radius 1 is 0.561 bits per heavy atom. The first-order chi connectivity index (χ1) is 26.5. The maximum Gasteiger partial charge on any atom is 0.307 e. The molecule has 0 fully saturated rings. The van der Waals surface area contributed by atoms with Gasteiger partial charge in [0.25, 0.3) is 11.8 Å². The number of fused-ring (bicyclic) bond motifs is 2. The van der Waals surface area contributed by atoms with Crippen LogP contribution in [-0.4, -0.2) is 51.0 Å². The number of sulfone groups is 2.